The van der Waals surface area contributed by atoms with Crippen LogP contribution >= 0.6 is 24.8 Å². The fraction of sp³-hybridized carbons (Fsp3) is 0.130. The Hall–Kier alpha value is -3.89. The number of rotatable bonds is 6. The number of pyridine rings is 2. The molecule has 12 heteroatoms. The molecule has 4 rings (SSSR count). The van der Waals surface area contributed by atoms with Crippen LogP contribution in [0.4, 0.5) is 15.9 Å². The average molecular weight is 518 g/mol. The zero-order valence-corrected chi connectivity index (χ0v) is 20.3. The smallest absolute Gasteiger partial charge is 0.259 e. The van der Waals surface area contributed by atoms with Crippen LogP contribution in [0.1, 0.15) is 40.6 Å². The summed E-state index contributed by atoms with van der Waals surface area (Å²) in [5.74, 6) is -1.07. The summed E-state index contributed by atoms with van der Waals surface area (Å²) in [6.07, 6.45) is 4.58. The fourth-order valence-electron chi connectivity index (χ4n) is 3.10. The third-order valence-electron chi connectivity index (χ3n) is 4.76. The molecule has 0 bridgehead atoms. The van der Waals surface area contributed by atoms with Gasteiger partial charge in [-0.2, -0.15) is 0 Å². The van der Waals surface area contributed by atoms with Crippen LogP contribution in [0.2, 0.25) is 0 Å². The van der Waals surface area contributed by atoms with Crippen molar-refractivity contribution >= 4 is 48.1 Å². The second-order valence-electron chi connectivity index (χ2n) is 7.40. The van der Waals surface area contributed by atoms with Crippen molar-refractivity contribution in [1.82, 2.24) is 24.7 Å². The number of amides is 2. The lowest BCUT2D eigenvalue weighted by Gasteiger charge is -2.11. The second-order valence-corrected chi connectivity index (χ2v) is 7.40. The molecule has 0 fully saturated rings. The highest BCUT2D eigenvalue weighted by Gasteiger charge is 2.16. The van der Waals surface area contributed by atoms with Crippen LogP contribution in [0.15, 0.2) is 67.3 Å². The van der Waals surface area contributed by atoms with E-state index in [2.05, 4.69) is 30.8 Å². The molecule has 0 aliphatic heterocycles. The van der Waals surface area contributed by atoms with E-state index in [0.717, 1.165) is 6.07 Å². The van der Waals surface area contributed by atoms with E-state index in [9.17, 15) is 14.0 Å². The molecular formula is C23H22Cl2FN7O2. The number of hydrogen-bond donors (Lipinski definition) is 2. The molecule has 2 N–H and O–H groups in total. The van der Waals surface area contributed by atoms with Crippen LogP contribution in [-0.4, -0.2) is 36.5 Å². The Labute approximate surface area is 213 Å². The summed E-state index contributed by atoms with van der Waals surface area (Å²) in [6.45, 7) is 3.98. The van der Waals surface area contributed by atoms with E-state index < -0.39 is 17.6 Å². The van der Waals surface area contributed by atoms with Gasteiger partial charge in [0.15, 0.2) is 5.82 Å². The minimum Gasteiger partial charge on any atom is -0.322 e. The molecule has 1 aromatic carbocycles. The topological polar surface area (TPSA) is 115 Å². The summed E-state index contributed by atoms with van der Waals surface area (Å²) in [5.41, 5.74) is 0.934. The summed E-state index contributed by atoms with van der Waals surface area (Å²) < 4.78 is 16.3. The van der Waals surface area contributed by atoms with Crippen molar-refractivity contribution in [2.75, 3.05) is 10.6 Å². The number of carbonyl (C=O) groups is 2. The summed E-state index contributed by atoms with van der Waals surface area (Å²) >= 11 is 0. The molecule has 0 saturated carbocycles. The number of benzene rings is 1. The summed E-state index contributed by atoms with van der Waals surface area (Å²) in [5, 5.41) is 13.3. The number of aromatic nitrogens is 5. The lowest BCUT2D eigenvalue weighted by Crippen LogP contribution is -2.17. The van der Waals surface area contributed by atoms with Crippen molar-refractivity contribution in [2.24, 2.45) is 0 Å². The van der Waals surface area contributed by atoms with Gasteiger partial charge in [0.2, 0.25) is 0 Å². The van der Waals surface area contributed by atoms with E-state index >= 15 is 0 Å². The van der Waals surface area contributed by atoms with Gasteiger partial charge in [0, 0.05) is 29.7 Å². The average Bonchev–Trinajstić information content (AvgIpc) is 3.31. The van der Waals surface area contributed by atoms with Crippen molar-refractivity contribution in [3.05, 3.63) is 84.2 Å². The van der Waals surface area contributed by atoms with Crippen molar-refractivity contribution in [2.45, 2.75) is 19.9 Å². The molecule has 0 radical (unpaired) electrons. The SMILES string of the molecule is CC(C)n1cnnc1-c1cccc(NC(=O)c2cc(NC(=O)c3ccncc3)ccc2F)n1.Cl.Cl. The van der Waals surface area contributed by atoms with Crippen LogP contribution in [-0.2, 0) is 0 Å². The maximum atomic E-state index is 14.4. The molecular weight excluding hydrogens is 496 g/mol. The minimum absolute atomic E-state index is 0. The Balaban J connectivity index is 0.00000216. The van der Waals surface area contributed by atoms with Gasteiger partial charge >= 0.3 is 0 Å². The van der Waals surface area contributed by atoms with Crippen molar-refractivity contribution in [3.8, 4) is 11.5 Å². The van der Waals surface area contributed by atoms with Gasteiger partial charge in [-0.05, 0) is 56.3 Å². The molecule has 0 aliphatic rings. The van der Waals surface area contributed by atoms with E-state index in [1.165, 1.54) is 24.5 Å². The maximum Gasteiger partial charge on any atom is 0.259 e. The number of anilines is 2. The van der Waals surface area contributed by atoms with Gasteiger partial charge in [0.25, 0.3) is 11.8 Å². The first-order valence-electron chi connectivity index (χ1n) is 10.1. The van der Waals surface area contributed by atoms with Gasteiger partial charge < -0.3 is 15.2 Å². The maximum absolute atomic E-state index is 14.4. The standard InChI is InChI=1S/C23H20FN7O2.2ClH/c1-14(2)31-13-26-30-21(31)19-4-3-5-20(28-19)29-23(33)17-12-16(6-7-18(17)24)27-22(32)15-8-10-25-11-9-15;;/h3-14H,1-2H3,(H,27,32)(H,28,29,33);2*1H. The molecule has 9 nitrogen and oxygen atoms in total. The number of hydrogen-bond acceptors (Lipinski definition) is 6. The predicted octanol–water partition coefficient (Wildman–Crippen LogP) is 4.80. The predicted molar refractivity (Wildman–Crippen MR) is 135 cm³/mol. The van der Waals surface area contributed by atoms with Gasteiger partial charge in [0.1, 0.15) is 23.7 Å². The Morgan fingerprint density at radius 1 is 0.971 bits per heavy atom. The number of halogens is 3. The Bertz CT molecular complexity index is 1320. The van der Waals surface area contributed by atoms with E-state index in [4.69, 9.17) is 0 Å². The number of nitrogens with one attached hydrogen (secondary N) is 2. The van der Waals surface area contributed by atoms with Crippen LogP contribution in [0.3, 0.4) is 0 Å². The van der Waals surface area contributed by atoms with Crippen molar-refractivity contribution < 1.29 is 14.0 Å². The van der Waals surface area contributed by atoms with Gasteiger partial charge in [-0.3, -0.25) is 14.6 Å². The van der Waals surface area contributed by atoms with Crippen LogP contribution < -0.4 is 10.6 Å². The summed E-state index contributed by atoms with van der Waals surface area (Å²) in [7, 11) is 0. The first-order valence-corrected chi connectivity index (χ1v) is 10.1. The highest BCUT2D eigenvalue weighted by molar-refractivity contribution is 6.07. The lowest BCUT2D eigenvalue weighted by atomic mass is 10.1. The molecule has 0 saturated heterocycles. The normalized spacial score (nSPS) is 10.2. The molecule has 0 unspecified atom stereocenters. The van der Waals surface area contributed by atoms with Crippen LogP contribution in [0, 0.1) is 5.82 Å². The molecule has 0 atom stereocenters. The van der Waals surface area contributed by atoms with Gasteiger partial charge in [0.05, 0.1) is 5.56 Å². The summed E-state index contributed by atoms with van der Waals surface area (Å²) in [6, 6.07) is 12.0. The first-order chi connectivity index (χ1) is 15.9. The Morgan fingerprint density at radius 2 is 1.71 bits per heavy atom. The van der Waals surface area contributed by atoms with Crippen LogP contribution in [0.5, 0.6) is 0 Å². The molecule has 2 amide bonds. The monoisotopic (exact) mass is 517 g/mol. The van der Waals surface area contributed by atoms with Gasteiger partial charge in [-0.25, -0.2) is 9.37 Å². The van der Waals surface area contributed by atoms with Gasteiger partial charge in [-0.15, -0.1) is 35.0 Å². The minimum atomic E-state index is -0.731. The van der Waals surface area contributed by atoms with E-state index in [0.29, 0.717) is 17.1 Å². The molecule has 4 aromatic rings. The third kappa shape index (κ3) is 6.37. The van der Waals surface area contributed by atoms with Crippen molar-refractivity contribution in [1.29, 1.82) is 0 Å². The van der Waals surface area contributed by atoms with Gasteiger partial charge in [-0.1, -0.05) is 6.07 Å². The highest BCUT2D eigenvalue weighted by Crippen LogP contribution is 2.21. The quantitative estimate of drug-likeness (QED) is 0.379. The molecule has 0 spiro atoms. The van der Waals surface area contributed by atoms with Crippen molar-refractivity contribution in [3.63, 3.8) is 0 Å². The zero-order chi connectivity index (χ0) is 23.4. The molecule has 3 heterocycles. The summed E-state index contributed by atoms with van der Waals surface area (Å²) in [4.78, 5) is 33.4. The molecule has 0 aliphatic carbocycles. The third-order valence-corrected chi connectivity index (χ3v) is 4.76. The lowest BCUT2D eigenvalue weighted by molar-refractivity contribution is 0.101. The molecule has 35 heavy (non-hydrogen) atoms. The first kappa shape index (κ1) is 27.4. The molecule has 3 aromatic heterocycles. The fourth-order valence-corrected chi connectivity index (χ4v) is 3.10. The Morgan fingerprint density at radius 3 is 2.43 bits per heavy atom. The van der Waals surface area contributed by atoms with E-state index in [-0.39, 0.29) is 47.9 Å². The highest BCUT2D eigenvalue weighted by atomic mass is 35.5. The molecule has 182 valence electrons. The van der Waals surface area contributed by atoms with E-state index in [1.807, 2.05) is 18.4 Å². The Kier molecular flexibility index (Phi) is 9.38. The second kappa shape index (κ2) is 12.0. The number of nitrogens with zero attached hydrogens (tertiary/aromatic N) is 5. The number of carbonyl (C=O) groups excluding carboxylic acids is 2. The zero-order valence-electron chi connectivity index (χ0n) is 18.7. The largest absolute Gasteiger partial charge is 0.322 e. The van der Waals surface area contributed by atoms with E-state index in [1.54, 1.807) is 36.7 Å². The van der Waals surface area contributed by atoms with Crippen LogP contribution in [0.25, 0.3) is 11.5 Å².